The number of amides is 1. The van der Waals surface area contributed by atoms with E-state index in [0.29, 0.717) is 11.9 Å². The highest BCUT2D eigenvalue weighted by Crippen LogP contribution is 2.54. The third kappa shape index (κ3) is 2.86. The van der Waals surface area contributed by atoms with Gasteiger partial charge >= 0.3 is 0 Å². The third-order valence-corrected chi connectivity index (χ3v) is 10.4. The fourth-order valence-electron chi connectivity index (χ4n) is 7.01. The second-order valence-corrected chi connectivity index (χ2v) is 12.6. The number of carbonyl (C=O) groups is 1. The molecule has 3 aromatic carbocycles. The Kier molecular flexibility index (Phi) is 4.57. The Morgan fingerprint density at radius 3 is 2.49 bits per heavy atom. The van der Waals surface area contributed by atoms with Crippen molar-refractivity contribution in [2.75, 3.05) is 23.4 Å². The molecule has 1 fully saturated rings. The molecule has 3 aliphatic rings. The Morgan fingerprint density at radius 2 is 1.70 bits per heavy atom. The average Bonchev–Trinajstić information content (AvgIpc) is 3.54. The summed E-state index contributed by atoms with van der Waals surface area (Å²) in [5.41, 5.74) is 5.99. The standard InChI is InChI=1S/C30H29N3O3S/c1-19-9-12-22(13-10-19)37(35,36)33-18-21-17-30(23-16-20(2)11-14-24(23)31(3)29(30)34)27-8-5-15-32(27)25-6-4-7-26(33)28(21)25/h4,6-7,9-14,16,18,27H,5,8,15,17H2,1-3H3. The van der Waals surface area contributed by atoms with Crippen LogP contribution in [0.2, 0.25) is 0 Å². The molecule has 6 nitrogen and oxygen atoms in total. The fourth-order valence-corrected chi connectivity index (χ4v) is 8.40. The minimum atomic E-state index is -3.82. The Labute approximate surface area is 217 Å². The zero-order valence-corrected chi connectivity index (χ0v) is 22.0. The first kappa shape index (κ1) is 22.6. The molecular formula is C30H29N3O3S. The first-order chi connectivity index (χ1) is 17.7. The highest BCUT2D eigenvalue weighted by Gasteiger charge is 2.58. The predicted octanol–water partition coefficient (Wildman–Crippen LogP) is 4.93. The van der Waals surface area contributed by atoms with Gasteiger partial charge in [0.1, 0.15) is 5.41 Å². The van der Waals surface area contributed by atoms with Gasteiger partial charge in [0.05, 0.1) is 10.4 Å². The predicted molar refractivity (Wildman–Crippen MR) is 146 cm³/mol. The second-order valence-electron chi connectivity index (χ2n) is 10.8. The molecule has 0 aliphatic carbocycles. The normalized spacial score (nSPS) is 22.6. The van der Waals surface area contributed by atoms with E-state index in [1.165, 1.54) is 3.97 Å². The number of anilines is 2. The zero-order chi connectivity index (χ0) is 25.7. The lowest BCUT2D eigenvalue weighted by atomic mass is 9.70. The van der Waals surface area contributed by atoms with Crippen LogP contribution in [0.3, 0.4) is 0 Å². The molecule has 3 aliphatic heterocycles. The van der Waals surface area contributed by atoms with Crippen LogP contribution in [0.25, 0.3) is 10.9 Å². The number of nitrogens with zero attached hydrogens (tertiary/aromatic N) is 3. The molecule has 0 N–H and O–H groups in total. The van der Waals surface area contributed by atoms with Crippen molar-refractivity contribution < 1.29 is 13.2 Å². The maximum atomic E-state index is 14.2. The van der Waals surface area contributed by atoms with Gasteiger partial charge in [0.25, 0.3) is 10.0 Å². The SMILES string of the molecule is Cc1ccc(S(=O)(=O)n2cc3c4c(cccc42)N2CCCC2C2(C3)C(=O)N(C)c3ccc(C)cc32)cc1. The molecule has 2 unspecified atom stereocenters. The van der Waals surface area contributed by atoms with E-state index in [9.17, 15) is 13.2 Å². The smallest absolute Gasteiger partial charge is 0.268 e. The summed E-state index contributed by atoms with van der Waals surface area (Å²) < 4.78 is 29.2. The molecule has 0 saturated carbocycles. The van der Waals surface area contributed by atoms with E-state index in [4.69, 9.17) is 0 Å². The van der Waals surface area contributed by atoms with E-state index >= 15 is 0 Å². The van der Waals surface area contributed by atoms with Gasteiger partial charge in [-0.1, -0.05) is 41.5 Å². The molecule has 7 rings (SSSR count). The van der Waals surface area contributed by atoms with Gasteiger partial charge in [-0.25, -0.2) is 12.4 Å². The Balaban J connectivity index is 1.51. The summed E-state index contributed by atoms with van der Waals surface area (Å²) >= 11 is 0. The zero-order valence-electron chi connectivity index (χ0n) is 21.2. The number of rotatable bonds is 2. The van der Waals surface area contributed by atoms with Crippen molar-refractivity contribution in [3.05, 3.63) is 89.1 Å². The van der Waals surface area contributed by atoms with Crippen LogP contribution in [0.15, 0.2) is 71.8 Å². The van der Waals surface area contributed by atoms with Crippen molar-refractivity contribution >= 4 is 38.2 Å². The molecule has 1 amide bonds. The number of fused-ring (bicyclic) bond motifs is 5. The van der Waals surface area contributed by atoms with Crippen molar-refractivity contribution in [1.29, 1.82) is 0 Å². The summed E-state index contributed by atoms with van der Waals surface area (Å²) in [6.07, 6.45) is 4.17. The quantitative estimate of drug-likeness (QED) is 0.383. The Bertz CT molecular complexity index is 1720. The first-order valence-electron chi connectivity index (χ1n) is 12.8. The van der Waals surface area contributed by atoms with E-state index in [0.717, 1.165) is 58.4 Å². The van der Waals surface area contributed by atoms with Crippen LogP contribution in [0, 0.1) is 13.8 Å². The summed E-state index contributed by atoms with van der Waals surface area (Å²) in [5, 5.41) is 0.943. The fraction of sp³-hybridized carbons (Fsp3) is 0.300. The van der Waals surface area contributed by atoms with Gasteiger partial charge in [-0.05, 0) is 74.6 Å². The van der Waals surface area contributed by atoms with E-state index in [2.05, 4.69) is 36.1 Å². The molecule has 4 aromatic rings. The van der Waals surface area contributed by atoms with Gasteiger partial charge in [0.15, 0.2) is 0 Å². The van der Waals surface area contributed by atoms with Crippen molar-refractivity contribution in [1.82, 2.24) is 3.97 Å². The maximum Gasteiger partial charge on any atom is 0.268 e. The lowest BCUT2D eigenvalue weighted by Gasteiger charge is -2.39. The van der Waals surface area contributed by atoms with Crippen LogP contribution >= 0.6 is 0 Å². The summed E-state index contributed by atoms with van der Waals surface area (Å²) in [7, 11) is -1.95. The summed E-state index contributed by atoms with van der Waals surface area (Å²) in [5.74, 6) is 0.0973. The number of likely N-dealkylation sites (N-methyl/N-ethyl adjacent to an activating group) is 1. The number of benzene rings is 3. The molecule has 4 heterocycles. The van der Waals surface area contributed by atoms with E-state index in [-0.39, 0.29) is 16.8 Å². The molecule has 2 atom stereocenters. The third-order valence-electron chi connectivity index (χ3n) is 8.71. The number of hydrogen-bond donors (Lipinski definition) is 0. The molecule has 37 heavy (non-hydrogen) atoms. The van der Waals surface area contributed by atoms with Gasteiger partial charge < -0.3 is 9.80 Å². The highest BCUT2D eigenvalue weighted by atomic mass is 32.2. The molecule has 0 bridgehead atoms. The number of hydrogen-bond acceptors (Lipinski definition) is 4. The van der Waals surface area contributed by atoms with Crippen LogP contribution in [0.4, 0.5) is 11.4 Å². The van der Waals surface area contributed by atoms with Gasteiger partial charge in [-0.15, -0.1) is 0 Å². The highest BCUT2D eigenvalue weighted by molar-refractivity contribution is 7.90. The average molecular weight is 512 g/mol. The molecule has 1 aromatic heterocycles. The number of carbonyl (C=O) groups excluding carboxylic acids is 1. The minimum Gasteiger partial charge on any atom is -0.367 e. The topological polar surface area (TPSA) is 62.6 Å². The lowest BCUT2D eigenvalue weighted by molar-refractivity contribution is -0.123. The first-order valence-corrected chi connectivity index (χ1v) is 14.3. The molecule has 1 saturated heterocycles. The van der Waals surface area contributed by atoms with Crippen molar-refractivity contribution in [2.24, 2.45) is 0 Å². The summed E-state index contributed by atoms with van der Waals surface area (Å²) in [4.78, 5) is 18.7. The van der Waals surface area contributed by atoms with E-state index < -0.39 is 15.4 Å². The Morgan fingerprint density at radius 1 is 0.946 bits per heavy atom. The van der Waals surface area contributed by atoms with Gasteiger partial charge in [0, 0.05) is 42.6 Å². The van der Waals surface area contributed by atoms with Crippen LogP contribution in [0.1, 0.15) is 35.1 Å². The molecular weight excluding hydrogens is 482 g/mol. The van der Waals surface area contributed by atoms with Crippen LogP contribution in [-0.4, -0.2) is 37.9 Å². The number of aryl methyl sites for hydroxylation is 2. The monoisotopic (exact) mass is 511 g/mol. The van der Waals surface area contributed by atoms with Crippen LogP contribution in [0.5, 0.6) is 0 Å². The van der Waals surface area contributed by atoms with Crippen LogP contribution < -0.4 is 9.80 Å². The molecule has 188 valence electrons. The van der Waals surface area contributed by atoms with Gasteiger partial charge in [-0.3, -0.25) is 4.79 Å². The van der Waals surface area contributed by atoms with E-state index in [1.807, 2.05) is 38.2 Å². The Hall–Kier alpha value is -3.58. The van der Waals surface area contributed by atoms with Gasteiger partial charge in [0.2, 0.25) is 5.91 Å². The van der Waals surface area contributed by atoms with Gasteiger partial charge in [-0.2, -0.15) is 0 Å². The minimum absolute atomic E-state index is 0.0191. The van der Waals surface area contributed by atoms with Crippen LogP contribution in [-0.2, 0) is 26.7 Å². The van der Waals surface area contributed by atoms with Crippen molar-refractivity contribution in [3.8, 4) is 0 Å². The summed E-state index contributed by atoms with van der Waals surface area (Å²) in [6, 6.07) is 19.2. The lowest BCUT2D eigenvalue weighted by Crippen LogP contribution is -2.54. The summed E-state index contributed by atoms with van der Waals surface area (Å²) in [6.45, 7) is 4.86. The molecule has 0 radical (unpaired) electrons. The molecule has 1 spiro atoms. The maximum absolute atomic E-state index is 14.2. The largest absolute Gasteiger partial charge is 0.367 e. The van der Waals surface area contributed by atoms with Crippen molar-refractivity contribution in [3.63, 3.8) is 0 Å². The molecule has 7 heteroatoms. The second kappa shape index (κ2) is 7.48. The number of aromatic nitrogens is 1. The van der Waals surface area contributed by atoms with Crippen molar-refractivity contribution in [2.45, 2.75) is 49.5 Å². The van der Waals surface area contributed by atoms with E-state index in [1.54, 1.807) is 23.2 Å².